The van der Waals surface area contributed by atoms with Crippen molar-refractivity contribution in [3.8, 4) is 28.4 Å². The molecule has 0 aromatic heterocycles. The number of thioether (sulfide) groups is 1. The van der Waals surface area contributed by atoms with Gasteiger partial charge < -0.3 is 24.3 Å². The Kier molecular flexibility index (Phi) is 10.3. The van der Waals surface area contributed by atoms with Crippen molar-refractivity contribution in [2.75, 3.05) is 41.3 Å². The summed E-state index contributed by atoms with van der Waals surface area (Å²) in [5.74, 6) is 1.57. The highest BCUT2D eigenvalue weighted by Gasteiger charge is 2.29. The van der Waals surface area contributed by atoms with Crippen LogP contribution >= 0.6 is 11.8 Å². The first kappa shape index (κ1) is 26.3. The van der Waals surface area contributed by atoms with E-state index in [1.807, 2.05) is 24.5 Å². The molecule has 1 aliphatic carbocycles. The maximum absolute atomic E-state index is 12.7. The van der Waals surface area contributed by atoms with Gasteiger partial charge in [-0.3, -0.25) is 9.59 Å². The second-order valence-corrected chi connectivity index (χ2v) is 7.99. The predicted octanol–water partition coefficient (Wildman–Crippen LogP) is 4.01. The van der Waals surface area contributed by atoms with Gasteiger partial charge in [0.1, 0.15) is 6.61 Å². The summed E-state index contributed by atoms with van der Waals surface area (Å²) in [7, 11) is 6.39. The average molecular weight is 474 g/mol. The van der Waals surface area contributed by atoms with Gasteiger partial charge in [0, 0.05) is 19.8 Å². The van der Waals surface area contributed by atoms with Crippen LogP contribution < -0.4 is 25.0 Å². The Balaban J connectivity index is 0.00000122. The van der Waals surface area contributed by atoms with E-state index in [0.29, 0.717) is 48.0 Å². The van der Waals surface area contributed by atoms with Gasteiger partial charge in [0.15, 0.2) is 16.9 Å². The number of rotatable bonds is 8. The number of ether oxygens (including phenoxy) is 4. The van der Waals surface area contributed by atoms with E-state index in [4.69, 9.17) is 14.2 Å². The summed E-state index contributed by atoms with van der Waals surface area (Å²) in [6.07, 6.45) is 5.50. The zero-order chi connectivity index (χ0) is 24.4. The van der Waals surface area contributed by atoms with Gasteiger partial charge in [-0.05, 0) is 54.0 Å². The quantitative estimate of drug-likeness (QED) is 0.352. The third kappa shape index (κ3) is 5.89. The highest BCUT2D eigenvalue weighted by molar-refractivity contribution is 7.98. The molecule has 1 unspecified atom stereocenters. The Hall–Kier alpha value is -2.97. The van der Waals surface area contributed by atoms with E-state index in [1.165, 1.54) is 11.8 Å². The van der Waals surface area contributed by atoms with Crippen LogP contribution in [0.2, 0.25) is 0 Å². The number of methoxy groups -OCH3 is 3. The van der Waals surface area contributed by atoms with Crippen molar-refractivity contribution in [1.29, 1.82) is 0 Å². The van der Waals surface area contributed by atoms with E-state index in [2.05, 4.69) is 16.6 Å². The molecule has 8 heteroatoms. The second-order valence-electron chi connectivity index (χ2n) is 7.14. The SMILES string of the molecule is C=CCOc1cc2c(c(OC)c1OC)-c1ccc(SC)c(=O)cc1C(NC=O)CC2.COC. The Morgan fingerprint density at radius 1 is 1.15 bits per heavy atom. The molecule has 0 heterocycles. The number of aryl methyl sites for hydroxylation is 1. The lowest BCUT2D eigenvalue weighted by Crippen LogP contribution is -2.20. The Morgan fingerprint density at radius 2 is 1.85 bits per heavy atom. The van der Waals surface area contributed by atoms with Crippen LogP contribution in [0.4, 0.5) is 0 Å². The summed E-state index contributed by atoms with van der Waals surface area (Å²) in [6, 6.07) is 6.98. The predicted molar refractivity (Wildman–Crippen MR) is 132 cm³/mol. The number of carbonyl (C=O) groups is 1. The van der Waals surface area contributed by atoms with Crippen LogP contribution in [0, 0.1) is 0 Å². The first-order valence-corrected chi connectivity index (χ1v) is 11.6. The Bertz CT molecular complexity index is 1040. The highest BCUT2D eigenvalue weighted by atomic mass is 32.2. The number of amides is 1. The van der Waals surface area contributed by atoms with E-state index < -0.39 is 0 Å². The molecular weight excluding hydrogens is 442 g/mol. The van der Waals surface area contributed by atoms with Gasteiger partial charge >= 0.3 is 0 Å². The highest BCUT2D eigenvalue weighted by Crippen LogP contribution is 2.50. The van der Waals surface area contributed by atoms with Gasteiger partial charge in [-0.15, -0.1) is 11.8 Å². The van der Waals surface area contributed by atoms with Crippen molar-refractivity contribution >= 4 is 18.2 Å². The molecule has 0 saturated heterocycles. The lowest BCUT2D eigenvalue weighted by Gasteiger charge is -2.20. The molecule has 2 aromatic rings. The maximum atomic E-state index is 12.7. The van der Waals surface area contributed by atoms with Gasteiger partial charge in [0.25, 0.3) is 0 Å². The third-order valence-electron chi connectivity index (χ3n) is 5.13. The van der Waals surface area contributed by atoms with E-state index in [9.17, 15) is 9.59 Å². The lowest BCUT2D eigenvalue weighted by atomic mass is 9.95. The Labute approximate surface area is 199 Å². The largest absolute Gasteiger partial charge is 0.492 e. The van der Waals surface area contributed by atoms with Crippen LogP contribution in [0.1, 0.15) is 23.6 Å². The van der Waals surface area contributed by atoms with Gasteiger partial charge in [-0.2, -0.15) is 0 Å². The third-order valence-corrected chi connectivity index (χ3v) is 5.90. The zero-order valence-corrected chi connectivity index (χ0v) is 20.5. The fourth-order valence-corrected chi connectivity index (χ4v) is 4.29. The molecule has 1 atom stereocenters. The first-order chi connectivity index (χ1) is 16.0. The average Bonchev–Trinajstić information content (AvgIpc) is 3.06. The minimum Gasteiger partial charge on any atom is -0.492 e. The summed E-state index contributed by atoms with van der Waals surface area (Å²) in [6.45, 7) is 4.03. The minimum absolute atomic E-state index is 0.0817. The molecular formula is C25H31NO6S. The van der Waals surface area contributed by atoms with Crippen molar-refractivity contribution in [2.24, 2.45) is 0 Å². The van der Waals surface area contributed by atoms with Crippen LogP contribution in [-0.2, 0) is 16.0 Å². The van der Waals surface area contributed by atoms with Crippen molar-refractivity contribution in [2.45, 2.75) is 23.8 Å². The minimum atomic E-state index is -0.298. The van der Waals surface area contributed by atoms with Gasteiger partial charge in [-0.1, -0.05) is 18.7 Å². The molecule has 0 spiro atoms. The van der Waals surface area contributed by atoms with Crippen molar-refractivity contribution in [3.63, 3.8) is 0 Å². The van der Waals surface area contributed by atoms with Gasteiger partial charge in [-0.25, -0.2) is 0 Å². The maximum Gasteiger partial charge on any atom is 0.207 e. The standard InChI is InChI=1S/C23H25NO5S.C2H6O/c1-5-10-29-19-11-14-6-8-17(24-13-25)16-12-18(26)20(30-4)9-7-15(16)21(14)23(28-3)22(19)27-2;1-3-2/h5,7,9,11-13,17H,1,6,8,10H2,2-4H3,(H,24,25);1-2H3. The number of hydrogen-bond donors (Lipinski definition) is 1. The van der Waals surface area contributed by atoms with E-state index in [1.54, 1.807) is 40.6 Å². The van der Waals surface area contributed by atoms with Crippen molar-refractivity contribution in [3.05, 3.63) is 58.3 Å². The second kappa shape index (κ2) is 12.9. The molecule has 1 amide bonds. The monoisotopic (exact) mass is 473 g/mol. The summed E-state index contributed by atoms with van der Waals surface area (Å²) in [5, 5.41) is 2.87. The van der Waals surface area contributed by atoms with Crippen LogP contribution in [0.5, 0.6) is 17.2 Å². The molecule has 7 nitrogen and oxygen atoms in total. The number of hydrogen-bond acceptors (Lipinski definition) is 7. The molecule has 1 aliphatic rings. The first-order valence-electron chi connectivity index (χ1n) is 10.3. The smallest absolute Gasteiger partial charge is 0.207 e. The number of benzene rings is 1. The molecule has 33 heavy (non-hydrogen) atoms. The van der Waals surface area contributed by atoms with Crippen molar-refractivity contribution < 1.29 is 23.7 Å². The van der Waals surface area contributed by atoms with Crippen molar-refractivity contribution in [1.82, 2.24) is 5.32 Å². The van der Waals surface area contributed by atoms with Crippen LogP contribution in [-0.4, -0.2) is 47.7 Å². The van der Waals surface area contributed by atoms with Gasteiger partial charge in [0.2, 0.25) is 12.2 Å². The van der Waals surface area contributed by atoms with E-state index in [0.717, 1.165) is 22.3 Å². The van der Waals surface area contributed by atoms with E-state index in [-0.39, 0.29) is 11.5 Å². The summed E-state index contributed by atoms with van der Waals surface area (Å²) < 4.78 is 21.5. The topological polar surface area (TPSA) is 83.1 Å². The number of nitrogens with one attached hydrogen (secondary N) is 1. The molecule has 0 radical (unpaired) electrons. The summed E-state index contributed by atoms with van der Waals surface area (Å²) in [5.41, 5.74) is 3.33. The normalized spacial score (nSPS) is 13.8. The molecule has 2 aromatic carbocycles. The number of carbonyl (C=O) groups excluding carboxylic acids is 1. The molecule has 0 aliphatic heterocycles. The van der Waals surface area contributed by atoms with Gasteiger partial charge in [0.05, 0.1) is 25.2 Å². The Morgan fingerprint density at radius 3 is 2.42 bits per heavy atom. The summed E-state index contributed by atoms with van der Waals surface area (Å²) in [4.78, 5) is 24.6. The molecule has 0 fully saturated rings. The zero-order valence-electron chi connectivity index (χ0n) is 19.7. The van der Waals surface area contributed by atoms with Crippen LogP contribution in [0.25, 0.3) is 11.1 Å². The fourth-order valence-electron chi connectivity index (χ4n) is 3.83. The molecule has 1 N–H and O–H groups in total. The summed E-state index contributed by atoms with van der Waals surface area (Å²) >= 11 is 1.39. The molecule has 0 saturated carbocycles. The van der Waals surface area contributed by atoms with E-state index >= 15 is 0 Å². The van der Waals surface area contributed by atoms with Crippen LogP contribution in [0.3, 0.4) is 0 Å². The van der Waals surface area contributed by atoms with Crippen LogP contribution in [0.15, 0.2) is 46.6 Å². The number of fused-ring (bicyclic) bond motifs is 3. The molecule has 0 bridgehead atoms. The molecule has 3 rings (SSSR count). The fraction of sp³-hybridized carbons (Fsp3) is 0.360. The molecule has 178 valence electrons. The lowest BCUT2D eigenvalue weighted by molar-refractivity contribution is -0.110.